The Hall–Kier alpha value is -2.61. The van der Waals surface area contributed by atoms with Crippen molar-refractivity contribution in [1.29, 1.82) is 0 Å². The van der Waals surface area contributed by atoms with Crippen molar-refractivity contribution in [1.82, 2.24) is 15.1 Å². The lowest BCUT2D eigenvalue weighted by molar-refractivity contribution is -0.274. The van der Waals surface area contributed by atoms with Gasteiger partial charge in [-0.3, -0.25) is 4.79 Å². The zero-order valence-electron chi connectivity index (χ0n) is 25.0. The van der Waals surface area contributed by atoms with Crippen molar-refractivity contribution < 1.29 is 46.8 Å². The SMILES string of the molecule is COC1COCCC1N[C@@H]1C[C@H]2CN(C(=O)OCCC(C)(C)O)C[C@@]2(C(=O)N2CCc3ccc(OC(F)(F)F)cc3C2)C1. The third-order valence-electron chi connectivity index (χ3n) is 9.27. The Morgan fingerprint density at radius 1 is 1.21 bits per heavy atom. The molecule has 1 saturated carbocycles. The topological polar surface area (TPSA) is 110 Å². The van der Waals surface area contributed by atoms with Crippen LogP contribution in [0.5, 0.6) is 5.75 Å². The van der Waals surface area contributed by atoms with E-state index in [0.29, 0.717) is 51.1 Å². The van der Waals surface area contributed by atoms with Crippen LogP contribution in [-0.4, -0.2) is 104 Å². The van der Waals surface area contributed by atoms with E-state index in [4.69, 9.17) is 14.2 Å². The van der Waals surface area contributed by atoms with Gasteiger partial charge in [-0.15, -0.1) is 13.2 Å². The quantitative estimate of drug-likeness (QED) is 0.460. The van der Waals surface area contributed by atoms with Gasteiger partial charge in [-0.2, -0.15) is 0 Å². The van der Waals surface area contributed by atoms with Crippen LogP contribution in [0, 0.1) is 11.3 Å². The molecule has 1 aliphatic carbocycles. The largest absolute Gasteiger partial charge is 0.573 e. The third-order valence-corrected chi connectivity index (χ3v) is 9.27. The first-order valence-electron chi connectivity index (χ1n) is 14.9. The normalized spacial score (nSPS) is 29.3. The summed E-state index contributed by atoms with van der Waals surface area (Å²) in [5.41, 5.74) is -0.337. The number of carbonyl (C=O) groups is 2. The van der Waals surface area contributed by atoms with Gasteiger partial charge in [0.25, 0.3) is 0 Å². The summed E-state index contributed by atoms with van der Waals surface area (Å²) in [6, 6.07) is 4.37. The van der Waals surface area contributed by atoms with Gasteiger partial charge in [-0.1, -0.05) is 6.07 Å². The molecule has 1 aromatic rings. The van der Waals surface area contributed by atoms with Gasteiger partial charge in [0.1, 0.15) is 5.75 Å². The first-order chi connectivity index (χ1) is 20.3. The fraction of sp³-hybridized carbons (Fsp3) is 0.733. The number of ether oxygens (including phenoxy) is 4. The summed E-state index contributed by atoms with van der Waals surface area (Å²) in [6.07, 6.45) is -2.66. The molecule has 2 N–H and O–H groups in total. The minimum absolute atomic E-state index is 0.0203. The first kappa shape index (κ1) is 31.8. The molecule has 0 radical (unpaired) electrons. The number of benzene rings is 1. The first-order valence-corrected chi connectivity index (χ1v) is 14.9. The predicted molar refractivity (Wildman–Crippen MR) is 148 cm³/mol. The Balaban J connectivity index is 1.33. The van der Waals surface area contributed by atoms with Crippen molar-refractivity contribution in [3.05, 3.63) is 29.3 Å². The summed E-state index contributed by atoms with van der Waals surface area (Å²) in [7, 11) is 1.66. The molecule has 3 fully saturated rings. The number of nitrogens with zero attached hydrogens (tertiary/aromatic N) is 2. The number of amides is 2. The van der Waals surface area contributed by atoms with Gasteiger partial charge in [0.2, 0.25) is 5.91 Å². The Kier molecular flexibility index (Phi) is 9.18. The lowest BCUT2D eigenvalue weighted by Gasteiger charge is -2.38. The summed E-state index contributed by atoms with van der Waals surface area (Å²) in [4.78, 5) is 30.8. The number of methoxy groups -OCH3 is 1. The highest BCUT2D eigenvalue weighted by atomic mass is 19.4. The van der Waals surface area contributed by atoms with Crippen LogP contribution >= 0.6 is 0 Å². The minimum atomic E-state index is -4.81. The van der Waals surface area contributed by atoms with Gasteiger partial charge in [0.05, 0.1) is 30.3 Å². The van der Waals surface area contributed by atoms with Gasteiger partial charge in [0, 0.05) is 58.4 Å². The minimum Gasteiger partial charge on any atom is -0.449 e. The number of nitrogens with one attached hydrogen (secondary N) is 1. The molecule has 2 saturated heterocycles. The third kappa shape index (κ3) is 7.38. The zero-order chi connectivity index (χ0) is 31.0. The molecule has 2 unspecified atom stereocenters. The van der Waals surface area contributed by atoms with Crippen LogP contribution in [-0.2, 0) is 32.0 Å². The van der Waals surface area contributed by atoms with Crippen molar-refractivity contribution in [2.75, 3.05) is 46.6 Å². The molecule has 240 valence electrons. The highest BCUT2D eigenvalue weighted by molar-refractivity contribution is 5.86. The lowest BCUT2D eigenvalue weighted by Crippen LogP contribution is -2.52. The summed E-state index contributed by atoms with van der Waals surface area (Å²) in [5, 5.41) is 13.7. The number of rotatable bonds is 8. The molecule has 0 spiro atoms. The molecule has 4 aliphatic rings. The average molecular weight is 614 g/mol. The molecule has 0 aromatic heterocycles. The Morgan fingerprint density at radius 2 is 2.00 bits per heavy atom. The van der Waals surface area contributed by atoms with Crippen LogP contribution in [0.15, 0.2) is 18.2 Å². The highest BCUT2D eigenvalue weighted by Gasteiger charge is 2.60. The molecule has 5 rings (SSSR count). The van der Waals surface area contributed by atoms with Crippen molar-refractivity contribution in [3.8, 4) is 5.75 Å². The standard InChI is InChI=1S/C30H42F3N3O7/c1-28(2,39)8-11-42-27(38)36-16-21-13-22(34-24-7-10-41-17-25(24)40-3)14-29(21,18-36)26(37)35-9-6-19-4-5-23(12-20(19)15-35)43-30(31,32)33/h4-5,12,21-22,24-25,34,39H,6-11,13-18H2,1-3H3/t21-,22+,24?,25?,29-/m0/s1. The number of aliphatic hydroxyl groups is 1. The molecule has 3 aliphatic heterocycles. The second-order valence-corrected chi connectivity index (χ2v) is 12.9. The van der Waals surface area contributed by atoms with Gasteiger partial charge < -0.3 is 39.2 Å². The van der Waals surface area contributed by atoms with E-state index in [1.54, 1.807) is 36.8 Å². The van der Waals surface area contributed by atoms with E-state index < -0.39 is 23.5 Å². The molecule has 43 heavy (non-hydrogen) atoms. The van der Waals surface area contributed by atoms with Crippen molar-refractivity contribution in [2.45, 2.75) is 82.6 Å². The molecular formula is C30H42F3N3O7. The molecule has 10 nitrogen and oxygen atoms in total. The maximum Gasteiger partial charge on any atom is 0.573 e. The zero-order valence-corrected chi connectivity index (χ0v) is 25.0. The van der Waals surface area contributed by atoms with E-state index in [0.717, 1.165) is 12.0 Å². The monoisotopic (exact) mass is 613 g/mol. The number of hydrogen-bond donors (Lipinski definition) is 2. The Morgan fingerprint density at radius 3 is 2.72 bits per heavy atom. The highest BCUT2D eigenvalue weighted by Crippen LogP contribution is 2.51. The second-order valence-electron chi connectivity index (χ2n) is 12.9. The molecule has 1 aromatic carbocycles. The van der Waals surface area contributed by atoms with E-state index in [1.165, 1.54) is 12.1 Å². The molecule has 3 heterocycles. The summed E-state index contributed by atoms with van der Waals surface area (Å²) in [5.74, 6) is -0.537. The number of alkyl halides is 3. The number of likely N-dealkylation sites (tertiary alicyclic amines) is 1. The van der Waals surface area contributed by atoms with E-state index in [1.807, 2.05) is 0 Å². The second kappa shape index (κ2) is 12.4. The average Bonchev–Trinajstić information content (AvgIpc) is 3.46. The van der Waals surface area contributed by atoms with Gasteiger partial charge >= 0.3 is 12.5 Å². The van der Waals surface area contributed by atoms with Crippen LogP contribution in [0.1, 0.15) is 50.7 Å². The molecule has 13 heteroatoms. The number of hydrogen-bond acceptors (Lipinski definition) is 8. The van der Waals surface area contributed by atoms with Gasteiger partial charge in [0.15, 0.2) is 0 Å². The van der Waals surface area contributed by atoms with Crippen LogP contribution in [0.25, 0.3) is 0 Å². The van der Waals surface area contributed by atoms with Gasteiger partial charge in [-0.05, 0) is 68.7 Å². The van der Waals surface area contributed by atoms with E-state index >= 15 is 0 Å². The van der Waals surface area contributed by atoms with Crippen LogP contribution in [0.4, 0.5) is 18.0 Å². The smallest absolute Gasteiger partial charge is 0.449 e. The number of halogens is 3. The van der Waals surface area contributed by atoms with E-state index in [2.05, 4.69) is 10.1 Å². The van der Waals surface area contributed by atoms with E-state index in [-0.39, 0.29) is 61.9 Å². The Labute approximate surface area is 249 Å². The number of fused-ring (bicyclic) bond motifs is 2. The molecule has 5 atom stereocenters. The van der Waals surface area contributed by atoms with Crippen LogP contribution in [0.3, 0.4) is 0 Å². The molecular weight excluding hydrogens is 571 g/mol. The molecule has 2 amide bonds. The predicted octanol–water partition coefficient (Wildman–Crippen LogP) is 3.24. The fourth-order valence-corrected chi connectivity index (χ4v) is 7.10. The van der Waals surface area contributed by atoms with Crippen molar-refractivity contribution in [2.24, 2.45) is 11.3 Å². The maximum atomic E-state index is 14.4. The lowest BCUT2D eigenvalue weighted by atomic mass is 9.78. The molecule has 0 bridgehead atoms. The van der Waals surface area contributed by atoms with Crippen molar-refractivity contribution >= 4 is 12.0 Å². The van der Waals surface area contributed by atoms with Gasteiger partial charge in [-0.25, -0.2) is 4.79 Å². The summed E-state index contributed by atoms with van der Waals surface area (Å²) >= 11 is 0. The Bertz CT molecular complexity index is 1180. The summed E-state index contributed by atoms with van der Waals surface area (Å²) < 4.78 is 59.4. The van der Waals surface area contributed by atoms with Crippen LogP contribution in [0.2, 0.25) is 0 Å². The van der Waals surface area contributed by atoms with Crippen molar-refractivity contribution in [3.63, 3.8) is 0 Å². The maximum absolute atomic E-state index is 14.4. The fourth-order valence-electron chi connectivity index (χ4n) is 7.10. The summed E-state index contributed by atoms with van der Waals surface area (Å²) in [6.45, 7) is 5.60. The van der Waals surface area contributed by atoms with Crippen LogP contribution < -0.4 is 10.1 Å². The van der Waals surface area contributed by atoms with E-state index in [9.17, 15) is 27.9 Å². The number of carbonyl (C=O) groups excluding carboxylic acids is 2.